The van der Waals surface area contributed by atoms with E-state index in [0.29, 0.717) is 5.92 Å². The Labute approximate surface area is 132 Å². The van der Waals surface area contributed by atoms with Crippen molar-refractivity contribution >= 4 is 22.4 Å². The van der Waals surface area contributed by atoms with E-state index in [1.807, 2.05) is 18.2 Å². The molecule has 1 aliphatic carbocycles. The Kier molecular flexibility index (Phi) is 4.77. The number of anilines is 1. The standard InChI is InChI=1S/C20H25NO/c1-2-3-4-5-10-17-14-19(17)20(22)21-18-12-11-15-8-6-7-9-16(15)13-18/h6-9,11-13,17,19H,2-5,10,14H2,1H3,(H,21,22)/t17-,19-/m0/s1. The second-order valence-electron chi connectivity index (χ2n) is 6.50. The van der Waals surface area contributed by atoms with Crippen molar-refractivity contribution in [2.45, 2.75) is 45.4 Å². The largest absolute Gasteiger partial charge is 0.326 e. The smallest absolute Gasteiger partial charge is 0.227 e. The number of rotatable bonds is 7. The number of benzene rings is 2. The molecule has 1 saturated carbocycles. The fourth-order valence-electron chi connectivity index (χ4n) is 3.22. The summed E-state index contributed by atoms with van der Waals surface area (Å²) in [5, 5.41) is 5.47. The first-order valence-electron chi connectivity index (χ1n) is 8.57. The molecule has 0 unspecified atom stereocenters. The Hall–Kier alpha value is -1.83. The van der Waals surface area contributed by atoms with E-state index in [1.54, 1.807) is 0 Å². The highest BCUT2D eigenvalue weighted by Gasteiger charge is 2.42. The van der Waals surface area contributed by atoms with Crippen LogP contribution in [-0.4, -0.2) is 5.91 Å². The first-order chi connectivity index (χ1) is 10.8. The van der Waals surface area contributed by atoms with Crippen LogP contribution in [0.25, 0.3) is 10.8 Å². The molecular formula is C20H25NO. The minimum atomic E-state index is 0.204. The summed E-state index contributed by atoms with van der Waals surface area (Å²) in [4.78, 5) is 12.3. The molecule has 2 nitrogen and oxygen atoms in total. The number of hydrogen-bond acceptors (Lipinski definition) is 1. The summed E-state index contributed by atoms with van der Waals surface area (Å²) < 4.78 is 0. The van der Waals surface area contributed by atoms with E-state index in [2.05, 4.69) is 36.5 Å². The van der Waals surface area contributed by atoms with E-state index in [0.717, 1.165) is 12.1 Å². The van der Waals surface area contributed by atoms with Gasteiger partial charge in [-0.15, -0.1) is 0 Å². The van der Waals surface area contributed by atoms with Crippen molar-refractivity contribution < 1.29 is 4.79 Å². The van der Waals surface area contributed by atoms with Crippen LogP contribution in [0.2, 0.25) is 0 Å². The van der Waals surface area contributed by atoms with Gasteiger partial charge >= 0.3 is 0 Å². The number of nitrogens with one attached hydrogen (secondary N) is 1. The third-order valence-corrected chi connectivity index (χ3v) is 4.70. The lowest BCUT2D eigenvalue weighted by Crippen LogP contribution is -2.14. The van der Waals surface area contributed by atoms with Gasteiger partial charge in [0.25, 0.3) is 0 Å². The van der Waals surface area contributed by atoms with Crippen LogP contribution >= 0.6 is 0 Å². The van der Waals surface area contributed by atoms with Crippen LogP contribution in [0.4, 0.5) is 5.69 Å². The van der Waals surface area contributed by atoms with Gasteiger partial charge in [-0.1, -0.05) is 62.9 Å². The first-order valence-corrected chi connectivity index (χ1v) is 8.57. The van der Waals surface area contributed by atoms with Crippen molar-refractivity contribution in [1.29, 1.82) is 0 Å². The number of amides is 1. The third kappa shape index (κ3) is 3.68. The van der Waals surface area contributed by atoms with E-state index < -0.39 is 0 Å². The molecule has 0 radical (unpaired) electrons. The van der Waals surface area contributed by atoms with Crippen LogP contribution in [0.1, 0.15) is 45.4 Å². The quantitative estimate of drug-likeness (QED) is 0.682. The molecule has 3 rings (SSSR count). The van der Waals surface area contributed by atoms with Crippen LogP contribution in [0.15, 0.2) is 42.5 Å². The molecule has 0 spiro atoms. The van der Waals surface area contributed by atoms with Crippen LogP contribution in [0.3, 0.4) is 0 Å². The van der Waals surface area contributed by atoms with Crippen molar-refractivity contribution in [2.24, 2.45) is 11.8 Å². The summed E-state index contributed by atoms with van der Waals surface area (Å²) in [6.07, 6.45) is 7.48. The highest BCUT2D eigenvalue weighted by atomic mass is 16.2. The Morgan fingerprint density at radius 2 is 1.91 bits per heavy atom. The van der Waals surface area contributed by atoms with Crippen molar-refractivity contribution in [3.63, 3.8) is 0 Å². The van der Waals surface area contributed by atoms with Crippen molar-refractivity contribution in [3.05, 3.63) is 42.5 Å². The van der Waals surface area contributed by atoms with E-state index in [9.17, 15) is 4.79 Å². The average molecular weight is 295 g/mol. The zero-order valence-corrected chi connectivity index (χ0v) is 13.3. The topological polar surface area (TPSA) is 29.1 Å². The zero-order valence-electron chi connectivity index (χ0n) is 13.3. The predicted octanol–water partition coefficient (Wildman–Crippen LogP) is 5.38. The molecule has 1 aliphatic rings. The maximum Gasteiger partial charge on any atom is 0.227 e. The molecule has 0 aliphatic heterocycles. The lowest BCUT2D eigenvalue weighted by atomic mass is 10.1. The molecule has 2 atom stereocenters. The van der Waals surface area contributed by atoms with Gasteiger partial charge in [-0.2, -0.15) is 0 Å². The number of carbonyl (C=O) groups excluding carboxylic acids is 1. The molecule has 1 amide bonds. The summed E-state index contributed by atoms with van der Waals surface area (Å²) in [7, 11) is 0. The highest BCUT2D eigenvalue weighted by molar-refractivity contribution is 5.96. The number of hydrogen-bond donors (Lipinski definition) is 1. The Morgan fingerprint density at radius 3 is 2.73 bits per heavy atom. The third-order valence-electron chi connectivity index (χ3n) is 4.70. The van der Waals surface area contributed by atoms with Crippen LogP contribution < -0.4 is 5.32 Å². The SMILES string of the molecule is CCCCCC[C@H]1C[C@@H]1C(=O)Nc1ccc2ccccc2c1. The van der Waals surface area contributed by atoms with Gasteiger partial charge in [0.1, 0.15) is 0 Å². The summed E-state index contributed by atoms with van der Waals surface area (Å²) in [6, 6.07) is 14.4. The van der Waals surface area contributed by atoms with Crippen LogP contribution in [0.5, 0.6) is 0 Å². The molecule has 116 valence electrons. The van der Waals surface area contributed by atoms with Crippen molar-refractivity contribution in [3.8, 4) is 0 Å². The number of carbonyl (C=O) groups is 1. The fraction of sp³-hybridized carbons (Fsp3) is 0.450. The maximum absolute atomic E-state index is 12.3. The van der Waals surface area contributed by atoms with Gasteiger partial charge in [-0.3, -0.25) is 4.79 Å². The molecule has 22 heavy (non-hydrogen) atoms. The Morgan fingerprint density at radius 1 is 1.09 bits per heavy atom. The maximum atomic E-state index is 12.3. The molecule has 2 aromatic rings. The number of fused-ring (bicyclic) bond motifs is 1. The minimum absolute atomic E-state index is 0.204. The van der Waals surface area contributed by atoms with E-state index in [4.69, 9.17) is 0 Å². The summed E-state index contributed by atoms with van der Waals surface area (Å²) in [5.41, 5.74) is 0.917. The van der Waals surface area contributed by atoms with Crippen molar-refractivity contribution in [2.75, 3.05) is 5.32 Å². The van der Waals surface area contributed by atoms with Gasteiger partial charge in [-0.05, 0) is 41.7 Å². The molecule has 2 heteroatoms. The zero-order chi connectivity index (χ0) is 15.4. The van der Waals surface area contributed by atoms with Gasteiger partial charge in [0.15, 0.2) is 0 Å². The normalized spacial score (nSPS) is 20.0. The fourth-order valence-corrected chi connectivity index (χ4v) is 3.22. The first kappa shape index (κ1) is 15.1. The lowest BCUT2D eigenvalue weighted by Gasteiger charge is -2.06. The van der Waals surface area contributed by atoms with E-state index in [-0.39, 0.29) is 11.8 Å². The molecule has 2 aromatic carbocycles. The van der Waals surface area contributed by atoms with Gasteiger partial charge in [0.2, 0.25) is 5.91 Å². The van der Waals surface area contributed by atoms with E-state index in [1.165, 1.54) is 42.9 Å². The summed E-state index contributed by atoms with van der Waals surface area (Å²) in [5.74, 6) is 1.07. The van der Waals surface area contributed by atoms with Crippen LogP contribution in [-0.2, 0) is 4.79 Å². The Bertz CT molecular complexity index is 649. The van der Waals surface area contributed by atoms with Gasteiger partial charge in [0, 0.05) is 11.6 Å². The van der Waals surface area contributed by atoms with Gasteiger partial charge in [-0.25, -0.2) is 0 Å². The molecule has 0 bridgehead atoms. The molecule has 0 heterocycles. The second kappa shape index (κ2) is 6.95. The van der Waals surface area contributed by atoms with Gasteiger partial charge in [0.05, 0.1) is 0 Å². The summed E-state index contributed by atoms with van der Waals surface area (Å²) in [6.45, 7) is 2.23. The predicted molar refractivity (Wildman–Crippen MR) is 92.9 cm³/mol. The second-order valence-corrected chi connectivity index (χ2v) is 6.50. The van der Waals surface area contributed by atoms with Crippen LogP contribution in [0, 0.1) is 11.8 Å². The lowest BCUT2D eigenvalue weighted by molar-refractivity contribution is -0.117. The van der Waals surface area contributed by atoms with Gasteiger partial charge < -0.3 is 5.32 Å². The summed E-state index contributed by atoms with van der Waals surface area (Å²) >= 11 is 0. The van der Waals surface area contributed by atoms with Crippen molar-refractivity contribution in [1.82, 2.24) is 0 Å². The molecule has 0 saturated heterocycles. The minimum Gasteiger partial charge on any atom is -0.326 e. The molecule has 1 fully saturated rings. The molecule has 0 aromatic heterocycles. The molecule has 1 N–H and O–H groups in total. The van der Waals surface area contributed by atoms with E-state index >= 15 is 0 Å². The Balaban J connectivity index is 1.51. The molecular weight excluding hydrogens is 270 g/mol. The monoisotopic (exact) mass is 295 g/mol. The number of unbranched alkanes of at least 4 members (excludes halogenated alkanes) is 3. The highest BCUT2D eigenvalue weighted by Crippen LogP contribution is 2.43. The average Bonchev–Trinajstić information content (AvgIpc) is 3.31.